The van der Waals surface area contributed by atoms with Crippen molar-refractivity contribution < 1.29 is 4.79 Å². The number of aromatic nitrogens is 3. The molecule has 3 aromatic heterocycles. The minimum atomic E-state index is 0.122. The van der Waals surface area contributed by atoms with E-state index in [9.17, 15) is 4.79 Å². The zero-order chi connectivity index (χ0) is 16.4. The molecule has 0 atom stereocenters. The number of nitrogens with zero attached hydrogens (tertiary/aromatic N) is 5. The molecule has 0 bridgehead atoms. The summed E-state index contributed by atoms with van der Waals surface area (Å²) in [5, 5.41) is 11.4. The first-order valence-corrected chi connectivity index (χ1v) is 9.60. The van der Waals surface area contributed by atoms with Gasteiger partial charge in [0.25, 0.3) is 0 Å². The summed E-state index contributed by atoms with van der Waals surface area (Å²) in [5.74, 6) is 0.122. The highest BCUT2D eigenvalue weighted by Crippen LogP contribution is 2.29. The predicted molar refractivity (Wildman–Crippen MR) is 96.4 cm³/mol. The molecule has 6 nitrogen and oxygen atoms in total. The van der Waals surface area contributed by atoms with Crippen molar-refractivity contribution in [2.75, 3.05) is 31.1 Å². The molecule has 124 valence electrons. The Kier molecular flexibility index (Phi) is 4.31. The molecular weight excluding hydrogens is 342 g/mol. The maximum Gasteiger partial charge on any atom is 0.244 e. The van der Waals surface area contributed by atoms with Crippen LogP contribution in [0.25, 0.3) is 11.3 Å². The van der Waals surface area contributed by atoms with Crippen LogP contribution in [0.4, 0.5) is 5.13 Å². The minimum absolute atomic E-state index is 0.122. The molecule has 3 aromatic rings. The van der Waals surface area contributed by atoms with Gasteiger partial charge in [0.15, 0.2) is 5.13 Å². The molecular formula is C16H17N5OS2. The number of anilines is 1. The van der Waals surface area contributed by atoms with Crippen LogP contribution in [-0.2, 0) is 11.3 Å². The summed E-state index contributed by atoms with van der Waals surface area (Å²) >= 11 is 3.35. The fourth-order valence-electron chi connectivity index (χ4n) is 2.73. The van der Waals surface area contributed by atoms with E-state index in [1.54, 1.807) is 33.6 Å². The minimum Gasteiger partial charge on any atom is -0.345 e. The zero-order valence-corrected chi connectivity index (χ0v) is 14.7. The number of hydrogen-bond acceptors (Lipinski definition) is 6. The lowest BCUT2D eigenvalue weighted by atomic mass is 10.3. The summed E-state index contributed by atoms with van der Waals surface area (Å²) < 4.78 is 1.67. The summed E-state index contributed by atoms with van der Waals surface area (Å²) in [6.45, 7) is 3.41. The van der Waals surface area contributed by atoms with Gasteiger partial charge in [-0.1, -0.05) is 0 Å². The molecule has 24 heavy (non-hydrogen) atoms. The molecule has 1 saturated heterocycles. The first-order valence-electron chi connectivity index (χ1n) is 7.78. The molecule has 1 aliphatic heterocycles. The van der Waals surface area contributed by atoms with Gasteiger partial charge in [-0.2, -0.15) is 16.4 Å². The van der Waals surface area contributed by atoms with Crippen LogP contribution in [0.1, 0.15) is 0 Å². The Bertz CT molecular complexity index is 788. The van der Waals surface area contributed by atoms with E-state index in [1.807, 2.05) is 17.2 Å². The lowest BCUT2D eigenvalue weighted by molar-refractivity contribution is -0.132. The molecule has 0 aromatic carbocycles. The predicted octanol–water partition coefficient (Wildman–Crippen LogP) is 2.42. The Labute approximate surface area is 148 Å². The van der Waals surface area contributed by atoms with Gasteiger partial charge in [0.05, 0.1) is 5.69 Å². The molecule has 1 aliphatic rings. The molecule has 0 radical (unpaired) electrons. The van der Waals surface area contributed by atoms with Crippen LogP contribution in [0.15, 0.2) is 40.7 Å². The van der Waals surface area contributed by atoms with Gasteiger partial charge in [-0.15, -0.1) is 11.3 Å². The molecule has 0 N–H and O–H groups in total. The summed E-state index contributed by atoms with van der Waals surface area (Å²) in [6.07, 6.45) is 3.51. The van der Waals surface area contributed by atoms with Crippen molar-refractivity contribution in [2.24, 2.45) is 0 Å². The third-order valence-corrected chi connectivity index (χ3v) is 5.65. The molecule has 8 heteroatoms. The number of piperazine rings is 1. The van der Waals surface area contributed by atoms with Gasteiger partial charge in [0, 0.05) is 54.9 Å². The second kappa shape index (κ2) is 6.74. The maximum absolute atomic E-state index is 12.3. The van der Waals surface area contributed by atoms with Crippen molar-refractivity contribution in [3.05, 3.63) is 40.7 Å². The zero-order valence-electron chi connectivity index (χ0n) is 13.0. The van der Waals surface area contributed by atoms with Crippen LogP contribution < -0.4 is 4.90 Å². The van der Waals surface area contributed by atoms with Gasteiger partial charge in [0.2, 0.25) is 5.91 Å². The van der Waals surface area contributed by atoms with Crippen molar-refractivity contribution in [1.82, 2.24) is 19.7 Å². The average molecular weight is 359 g/mol. The van der Waals surface area contributed by atoms with Crippen molar-refractivity contribution in [1.29, 1.82) is 0 Å². The van der Waals surface area contributed by atoms with Crippen LogP contribution in [0.5, 0.6) is 0 Å². The van der Waals surface area contributed by atoms with Crippen LogP contribution in [0.3, 0.4) is 0 Å². The van der Waals surface area contributed by atoms with Gasteiger partial charge >= 0.3 is 0 Å². The molecule has 0 saturated carbocycles. The molecule has 4 heterocycles. The molecule has 1 amide bonds. The van der Waals surface area contributed by atoms with Gasteiger partial charge in [-0.05, 0) is 17.5 Å². The average Bonchev–Trinajstić information content (AvgIpc) is 3.36. The summed E-state index contributed by atoms with van der Waals surface area (Å²) in [6, 6.07) is 3.92. The Hall–Kier alpha value is -2.19. The van der Waals surface area contributed by atoms with E-state index in [4.69, 9.17) is 4.98 Å². The number of thiophene rings is 1. The summed E-state index contributed by atoms with van der Waals surface area (Å²) in [4.78, 5) is 21.2. The second-order valence-corrected chi connectivity index (χ2v) is 7.22. The van der Waals surface area contributed by atoms with Gasteiger partial charge in [-0.25, -0.2) is 4.98 Å². The van der Waals surface area contributed by atoms with E-state index in [-0.39, 0.29) is 5.91 Å². The number of carbonyl (C=O) groups is 1. The normalized spacial score (nSPS) is 15.0. The topological polar surface area (TPSA) is 54.3 Å². The number of amides is 1. The van der Waals surface area contributed by atoms with Crippen molar-refractivity contribution in [3.63, 3.8) is 0 Å². The lowest BCUT2D eigenvalue weighted by Crippen LogP contribution is -2.49. The van der Waals surface area contributed by atoms with Gasteiger partial charge < -0.3 is 9.80 Å². The quantitative estimate of drug-likeness (QED) is 0.718. The number of carbonyl (C=O) groups excluding carboxylic acids is 1. The molecule has 0 spiro atoms. The SMILES string of the molecule is O=C(Cn1cccn1)N1CCN(c2nc(-c3ccsc3)cs2)CC1. The van der Waals surface area contributed by atoms with E-state index in [0.29, 0.717) is 6.54 Å². The smallest absolute Gasteiger partial charge is 0.244 e. The first kappa shape index (κ1) is 15.3. The molecule has 1 fully saturated rings. The Morgan fingerprint density at radius 3 is 2.79 bits per heavy atom. The Morgan fingerprint density at radius 1 is 1.21 bits per heavy atom. The van der Waals surface area contributed by atoms with E-state index in [2.05, 4.69) is 32.2 Å². The highest BCUT2D eigenvalue weighted by molar-refractivity contribution is 7.14. The fraction of sp³-hybridized carbons (Fsp3) is 0.312. The third kappa shape index (κ3) is 3.20. The third-order valence-electron chi connectivity index (χ3n) is 4.07. The first-order chi connectivity index (χ1) is 11.8. The largest absolute Gasteiger partial charge is 0.345 e. The fourth-order valence-corrected chi connectivity index (χ4v) is 4.27. The van der Waals surface area contributed by atoms with E-state index in [1.165, 1.54) is 5.56 Å². The van der Waals surface area contributed by atoms with E-state index >= 15 is 0 Å². The number of hydrogen-bond donors (Lipinski definition) is 0. The molecule has 0 aliphatic carbocycles. The molecule has 0 unspecified atom stereocenters. The lowest BCUT2D eigenvalue weighted by Gasteiger charge is -2.34. The number of rotatable bonds is 4. The summed E-state index contributed by atoms with van der Waals surface area (Å²) in [5.41, 5.74) is 2.21. The Morgan fingerprint density at radius 2 is 2.08 bits per heavy atom. The monoisotopic (exact) mass is 359 g/mol. The van der Waals surface area contributed by atoms with Crippen LogP contribution in [0.2, 0.25) is 0 Å². The maximum atomic E-state index is 12.3. The number of thiazole rings is 1. The second-order valence-electron chi connectivity index (χ2n) is 5.60. The van der Waals surface area contributed by atoms with Gasteiger partial charge in [0.1, 0.15) is 6.54 Å². The van der Waals surface area contributed by atoms with Crippen LogP contribution in [-0.4, -0.2) is 51.8 Å². The van der Waals surface area contributed by atoms with Crippen LogP contribution in [0, 0.1) is 0 Å². The highest BCUT2D eigenvalue weighted by atomic mass is 32.1. The van der Waals surface area contributed by atoms with Crippen molar-refractivity contribution >= 4 is 33.7 Å². The highest BCUT2D eigenvalue weighted by Gasteiger charge is 2.23. The van der Waals surface area contributed by atoms with Crippen molar-refractivity contribution in [3.8, 4) is 11.3 Å². The summed E-state index contributed by atoms with van der Waals surface area (Å²) in [7, 11) is 0. The van der Waals surface area contributed by atoms with E-state index < -0.39 is 0 Å². The Balaban J connectivity index is 1.35. The van der Waals surface area contributed by atoms with Gasteiger partial charge in [-0.3, -0.25) is 9.48 Å². The van der Waals surface area contributed by atoms with Crippen molar-refractivity contribution in [2.45, 2.75) is 6.54 Å². The van der Waals surface area contributed by atoms with E-state index in [0.717, 1.165) is 37.0 Å². The standard InChI is InChI=1S/C16H17N5OS2/c22-15(10-21-4-1-3-17-21)19-5-7-20(8-6-19)16-18-14(12-24-16)13-2-9-23-11-13/h1-4,9,11-12H,5-8,10H2. The van der Waals surface area contributed by atoms with Crippen LogP contribution >= 0.6 is 22.7 Å². The molecule has 4 rings (SSSR count).